The largest absolute Gasteiger partial charge is 0.395 e. The molecule has 2 aromatic rings. The lowest BCUT2D eigenvalue weighted by Crippen LogP contribution is -2.28. The molecule has 0 saturated carbocycles. The minimum Gasteiger partial charge on any atom is -0.395 e. The van der Waals surface area contributed by atoms with Crippen LogP contribution in [0.3, 0.4) is 0 Å². The van der Waals surface area contributed by atoms with E-state index >= 15 is 0 Å². The summed E-state index contributed by atoms with van der Waals surface area (Å²) in [5.74, 6) is -0.473. The van der Waals surface area contributed by atoms with Crippen LogP contribution in [0.2, 0.25) is 0 Å². The molecule has 0 aromatic heterocycles. The highest BCUT2D eigenvalue weighted by Gasteiger charge is 2.27. The predicted octanol–water partition coefficient (Wildman–Crippen LogP) is -0.637. The third-order valence-corrected chi connectivity index (χ3v) is 7.38. The van der Waals surface area contributed by atoms with Crippen LogP contribution in [0.25, 0.3) is 0 Å². The fraction of sp³-hybridized carbons (Fsp3) is 0.278. The number of aliphatic hydroxyl groups is 2. The second kappa shape index (κ2) is 8.30. The Morgan fingerprint density at radius 2 is 1.17 bits per heavy atom. The zero-order chi connectivity index (χ0) is 21.2. The van der Waals surface area contributed by atoms with E-state index < -0.39 is 25.8 Å². The van der Waals surface area contributed by atoms with Crippen LogP contribution in [0.15, 0.2) is 46.2 Å². The molecule has 1 aliphatic carbocycles. The Hall–Kier alpha value is -2.15. The van der Waals surface area contributed by atoms with Crippen LogP contribution in [0.5, 0.6) is 0 Å². The highest BCUT2D eigenvalue weighted by Crippen LogP contribution is 2.30. The SMILES string of the molecule is O=C1c2cc(S(=O)(=O)NCCO)ccc2Cc2ccc(S(=O)(=O)NCCO)cc21. The number of rotatable bonds is 8. The van der Waals surface area contributed by atoms with Gasteiger partial charge in [-0.05, 0) is 41.8 Å². The van der Waals surface area contributed by atoms with Gasteiger partial charge in [0.15, 0.2) is 5.78 Å². The Labute approximate surface area is 168 Å². The summed E-state index contributed by atoms with van der Waals surface area (Å²) in [6.45, 7) is -1.04. The van der Waals surface area contributed by atoms with E-state index in [-0.39, 0.29) is 47.2 Å². The number of fused-ring (bicyclic) bond motifs is 2. The molecular weight excluding hydrogens is 420 g/mol. The summed E-state index contributed by atoms with van der Waals surface area (Å²) in [7, 11) is -7.78. The monoisotopic (exact) mass is 440 g/mol. The van der Waals surface area contributed by atoms with E-state index in [2.05, 4.69) is 9.44 Å². The van der Waals surface area contributed by atoms with Gasteiger partial charge in [0.1, 0.15) is 0 Å². The van der Waals surface area contributed by atoms with Crippen molar-refractivity contribution < 1.29 is 31.8 Å². The summed E-state index contributed by atoms with van der Waals surface area (Å²) in [6.07, 6.45) is 0.352. The Morgan fingerprint density at radius 3 is 1.55 bits per heavy atom. The van der Waals surface area contributed by atoms with Gasteiger partial charge in [0, 0.05) is 24.2 Å². The van der Waals surface area contributed by atoms with E-state index in [4.69, 9.17) is 10.2 Å². The van der Waals surface area contributed by atoms with Crippen LogP contribution in [0.4, 0.5) is 0 Å². The molecule has 9 nitrogen and oxygen atoms in total. The van der Waals surface area contributed by atoms with E-state index in [0.29, 0.717) is 17.5 Å². The van der Waals surface area contributed by atoms with Crippen LogP contribution < -0.4 is 9.44 Å². The van der Waals surface area contributed by atoms with Gasteiger partial charge in [-0.1, -0.05) is 12.1 Å². The molecule has 156 valence electrons. The Kier molecular flexibility index (Phi) is 6.17. The van der Waals surface area contributed by atoms with Crippen molar-refractivity contribution in [1.82, 2.24) is 9.44 Å². The third-order valence-electron chi connectivity index (χ3n) is 4.46. The molecule has 29 heavy (non-hydrogen) atoms. The number of hydrogen-bond donors (Lipinski definition) is 4. The van der Waals surface area contributed by atoms with Gasteiger partial charge >= 0.3 is 0 Å². The van der Waals surface area contributed by atoms with E-state index in [9.17, 15) is 21.6 Å². The zero-order valence-corrected chi connectivity index (χ0v) is 16.9. The first-order chi connectivity index (χ1) is 13.7. The molecule has 0 spiro atoms. The summed E-state index contributed by atoms with van der Waals surface area (Å²) < 4.78 is 53.5. The number of carbonyl (C=O) groups excluding carboxylic acids is 1. The first kappa shape index (κ1) is 21.6. The molecule has 4 N–H and O–H groups in total. The molecule has 0 amide bonds. The maximum Gasteiger partial charge on any atom is 0.240 e. The van der Waals surface area contributed by atoms with Gasteiger partial charge in [-0.3, -0.25) is 4.79 Å². The van der Waals surface area contributed by atoms with Crippen molar-refractivity contribution in [3.63, 3.8) is 0 Å². The Morgan fingerprint density at radius 1 is 0.759 bits per heavy atom. The number of hydrogen-bond acceptors (Lipinski definition) is 7. The Balaban J connectivity index is 1.99. The number of benzene rings is 2. The summed E-state index contributed by atoms with van der Waals surface area (Å²) >= 11 is 0. The number of aliphatic hydroxyl groups excluding tert-OH is 2. The molecule has 0 bridgehead atoms. The molecule has 0 radical (unpaired) electrons. The van der Waals surface area contributed by atoms with Crippen molar-refractivity contribution in [2.24, 2.45) is 0 Å². The van der Waals surface area contributed by atoms with Crippen molar-refractivity contribution in [2.45, 2.75) is 16.2 Å². The second-order valence-electron chi connectivity index (χ2n) is 6.39. The fourth-order valence-electron chi connectivity index (χ4n) is 3.05. The molecule has 0 aliphatic heterocycles. The van der Waals surface area contributed by atoms with Crippen molar-refractivity contribution in [3.8, 4) is 0 Å². The topological polar surface area (TPSA) is 150 Å². The number of nitrogens with one attached hydrogen (secondary N) is 2. The molecule has 2 aromatic carbocycles. The average molecular weight is 440 g/mol. The molecule has 0 saturated heterocycles. The van der Waals surface area contributed by atoms with Gasteiger partial charge in [0.05, 0.1) is 23.0 Å². The minimum absolute atomic E-state index is 0.116. The lowest BCUT2D eigenvalue weighted by Gasteiger charge is -2.20. The quantitative estimate of drug-likeness (QED) is 0.364. The van der Waals surface area contributed by atoms with Gasteiger partial charge < -0.3 is 10.2 Å². The van der Waals surface area contributed by atoms with E-state index in [1.54, 1.807) is 12.1 Å². The van der Waals surface area contributed by atoms with Gasteiger partial charge in [0.2, 0.25) is 20.0 Å². The maximum atomic E-state index is 13.0. The van der Waals surface area contributed by atoms with Crippen molar-refractivity contribution in [3.05, 3.63) is 58.7 Å². The third kappa shape index (κ3) is 4.39. The molecule has 1 aliphatic rings. The molecule has 0 atom stereocenters. The van der Waals surface area contributed by atoms with E-state index in [0.717, 1.165) is 0 Å². The van der Waals surface area contributed by atoms with Crippen molar-refractivity contribution in [1.29, 1.82) is 0 Å². The molecule has 0 fully saturated rings. The highest BCUT2D eigenvalue weighted by atomic mass is 32.2. The van der Waals surface area contributed by atoms with Crippen LogP contribution in [-0.4, -0.2) is 59.1 Å². The Bertz CT molecular complexity index is 1070. The first-order valence-electron chi connectivity index (χ1n) is 8.71. The molecule has 3 rings (SSSR count). The molecule has 0 unspecified atom stereocenters. The van der Waals surface area contributed by atoms with Gasteiger partial charge in [0.25, 0.3) is 0 Å². The van der Waals surface area contributed by atoms with Gasteiger partial charge in [-0.2, -0.15) is 0 Å². The van der Waals surface area contributed by atoms with Crippen molar-refractivity contribution in [2.75, 3.05) is 26.3 Å². The van der Waals surface area contributed by atoms with Crippen LogP contribution in [-0.2, 0) is 26.5 Å². The van der Waals surface area contributed by atoms with Gasteiger partial charge in [-0.15, -0.1) is 0 Å². The average Bonchev–Trinajstić information content (AvgIpc) is 2.70. The lowest BCUT2D eigenvalue weighted by molar-refractivity contribution is 0.103. The predicted molar refractivity (Wildman–Crippen MR) is 104 cm³/mol. The summed E-state index contributed by atoms with van der Waals surface area (Å²) in [4.78, 5) is 12.8. The maximum absolute atomic E-state index is 13.0. The molecular formula is C18H20N2O7S2. The van der Waals surface area contributed by atoms with E-state index in [1.165, 1.54) is 24.3 Å². The van der Waals surface area contributed by atoms with E-state index in [1.807, 2.05) is 0 Å². The number of carbonyl (C=O) groups is 1. The molecule has 0 heterocycles. The van der Waals surface area contributed by atoms with Crippen LogP contribution in [0.1, 0.15) is 27.0 Å². The smallest absolute Gasteiger partial charge is 0.240 e. The number of ketones is 1. The lowest BCUT2D eigenvalue weighted by atomic mass is 9.85. The highest BCUT2D eigenvalue weighted by molar-refractivity contribution is 7.89. The molecule has 11 heteroatoms. The van der Waals surface area contributed by atoms with Crippen LogP contribution >= 0.6 is 0 Å². The second-order valence-corrected chi connectivity index (χ2v) is 9.92. The van der Waals surface area contributed by atoms with Crippen LogP contribution in [0, 0.1) is 0 Å². The first-order valence-corrected chi connectivity index (χ1v) is 11.7. The standard InChI is InChI=1S/C18H20N2O7S2/c21-7-5-19-28(24,25)14-3-1-12-9-13-2-4-15(29(26,27)20-6-8-22)11-17(13)18(23)16(12)10-14/h1-4,10-11,19-22H,5-9H2. The number of sulfonamides is 2. The summed E-state index contributed by atoms with van der Waals surface area (Å²) in [6, 6.07) is 8.38. The summed E-state index contributed by atoms with van der Waals surface area (Å²) in [5, 5.41) is 17.6. The summed E-state index contributed by atoms with van der Waals surface area (Å²) in [5.41, 5.74) is 1.64. The minimum atomic E-state index is -3.89. The zero-order valence-electron chi connectivity index (χ0n) is 15.3. The fourth-order valence-corrected chi connectivity index (χ4v) is 5.15. The van der Waals surface area contributed by atoms with Crippen molar-refractivity contribution >= 4 is 25.8 Å². The normalized spacial score (nSPS) is 13.8. The van der Waals surface area contributed by atoms with Gasteiger partial charge in [-0.25, -0.2) is 26.3 Å².